The van der Waals surface area contributed by atoms with Gasteiger partial charge in [0.2, 0.25) is 5.82 Å². The molecule has 0 unspecified atom stereocenters. The third-order valence-electron chi connectivity index (χ3n) is 2.89. The minimum atomic E-state index is -0.482. The average molecular weight is 280 g/mol. The molecule has 1 heterocycles. The van der Waals surface area contributed by atoms with Gasteiger partial charge in [-0.1, -0.05) is 13.8 Å². The summed E-state index contributed by atoms with van der Waals surface area (Å²) in [6.07, 6.45) is 2.07. The molecule has 1 aromatic heterocycles. The van der Waals surface area contributed by atoms with Gasteiger partial charge in [0.1, 0.15) is 5.82 Å². The van der Waals surface area contributed by atoms with Crippen LogP contribution in [-0.4, -0.2) is 28.0 Å². The summed E-state index contributed by atoms with van der Waals surface area (Å²) < 4.78 is 5.53. The molecule has 0 amide bonds. The fraction of sp³-hybridized carbons (Fsp3) is 0.692. The van der Waals surface area contributed by atoms with E-state index in [0.717, 1.165) is 12.8 Å². The molecule has 7 heteroatoms. The van der Waals surface area contributed by atoms with Crippen molar-refractivity contribution in [3.8, 4) is 5.88 Å². The first-order valence-electron chi connectivity index (χ1n) is 6.95. The van der Waals surface area contributed by atoms with E-state index in [9.17, 15) is 10.1 Å². The topological polar surface area (TPSA) is 90.2 Å². The van der Waals surface area contributed by atoms with E-state index in [4.69, 9.17) is 4.74 Å². The van der Waals surface area contributed by atoms with Crippen molar-refractivity contribution in [2.45, 2.75) is 39.5 Å². The number of nitrogens with one attached hydrogen (secondary N) is 1. The van der Waals surface area contributed by atoms with Crippen molar-refractivity contribution >= 4 is 11.5 Å². The quantitative estimate of drug-likeness (QED) is 0.610. The number of rotatable bonds is 7. The maximum absolute atomic E-state index is 11.3. The predicted octanol–water partition coefficient (Wildman–Crippen LogP) is 2.73. The molecule has 0 bridgehead atoms. The average Bonchev–Trinajstić information content (AvgIpc) is 3.19. The first-order chi connectivity index (χ1) is 9.52. The summed E-state index contributed by atoms with van der Waals surface area (Å²) >= 11 is 0. The maximum Gasteiger partial charge on any atom is 0.372 e. The summed E-state index contributed by atoms with van der Waals surface area (Å²) in [5.74, 6) is 1.57. The highest BCUT2D eigenvalue weighted by atomic mass is 16.6. The van der Waals surface area contributed by atoms with Gasteiger partial charge < -0.3 is 10.1 Å². The van der Waals surface area contributed by atoms with Gasteiger partial charge in [0, 0.05) is 12.5 Å². The number of hydrogen-bond donors (Lipinski definition) is 1. The number of hydrogen-bond acceptors (Lipinski definition) is 6. The zero-order valence-electron chi connectivity index (χ0n) is 12.0. The summed E-state index contributed by atoms with van der Waals surface area (Å²) in [5, 5.41) is 14.2. The normalized spacial score (nSPS) is 14.4. The SMILES string of the molecule is CCNc1nc(C2CC2)nc(OCC(C)C)c1[N+](=O)[O-]. The first kappa shape index (κ1) is 14.5. The molecular weight excluding hydrogens is 260 g/mol. The lowest BCUT2D eigenvalue weighted by atomic mass is 10.2. The first-order valence-corrected chi connectivity index (χ1v) is 6.95. The van der Waals surface area contributed by atoms with Crippen LogP contribution in [0.25, 0.3) is 0 Å². The van der Waals surface area contributed by atoms with Crippen LogP contribution < -0.4 is 10.1 Å². The molecule has 110 valence electrons. The van der Waals surface area contributed by atoms with Crippen LogP contribution in [0.1, 0.15) is 45.4 Å². The van der Waals surface area contributed by atoms with Gasteiger partial charge in [-0.25, -0.2) is 4.98 Å². The predicted molar refractivity (Wildman–Crippen MR) is 75.2 cm³/mol. The van der Waals surface area contributed by atoms with Gasteiger partial charge >= 0.3 is 5.69 Å². The molecule has 7 nitrogen and oxygen atoms in total. The van der Waals surface area contributed by atoms with Gasteiger partial charge in [-0.15, -0.1) is 0 Å². The van der Waals surface area contributed by atoms with Crippen LogP contribution >= 0.6 is 0 Å². The van der Waals surface area contributed by atoms with Crippen LogP contribution in [0.4, 0.5) is 11.5 Å². The second-order valence-electron chi connectivity index (χ2n) is 5.35. The van der Waals surface area contributed by atoms with Gasteiger partial charge in [0.05, 0.1) is 11.5 Å². The second-order valence-corrected chi connectivity index (χ2v) is 5.35. The molecular formula is C13H20N4O3. The molecule has 1 fully saturated rings. The van der Waals surface area contributed by atoms with Gasteiger partial charge in [0.25, 0.3) is 5.88 Å². The van der Waals surface area contributed by atoms with Crippen molar-refractivity contribution in [2.24, 2.45) is 5.92 Å². The highest BCUT2D eigenvalue weighted by Gasteiger charge is 2.32. The summed E-state index contributed by atoms with van der Waals surface area (Å²) in [5.41, 5.74) is -0.170. The van der Waals surface area contributed by atoms with Gasteiger partial charge in [-0.3, -0.25) is 10.1 Å². The van der Waals surface area contributed by atoms with Crippen LogP contribution in [0.2, 0.25) is 0 Å². The Hall–Kier alpha value is -1.92. The van der Waals surface area contributed by atoms with E-state index in [0.29, 0.717) is 24.9 Å². The molecule has 2 rings (SSSR count). The van der Waals surface area contributed by atoms with Crippen LogP contribution in [0.5, 0.6) is 5.88 Å². The molecule has 0 saturated heterocycles. The van der Waals surface area contributed by atoms with Gasteiger partial charge in [-0.2, -0.15) is 4.98 Å². The number of aromatic nitrogens is 2. The Morgan fingerprint density at radius 2 is 2.15 bits per heavy atom. The van der Waals surface area contributed by atoms with Crippen molar-refractivity contribution in [2.75, 3.05) is 18.5 Å². The molecule has 1 aromatic rings. The Morgan fingerprint density at radius 1 is 1.45 bits per heavy atom. The monoisotopic (exact) mass is 280 g/mol. The van der Waals surface area contributed by atoms with E-state index in [1.807, 2.05) is 20.8 Å². The molecule has 0 aromatic carbocycles. The van der Waals surface area contributed by atoms with Gasteiger partial charge in [0.15, 0.2) is 0 Å². The second kappa shape index (κ2) is 6.02. The lowest BCUT2D eigenvalue weighted by Gasteiger charge is -2.12. The Kier molecular flexibility index (Phi) is 4.36. The summed E-state index contributed by atoms with van der Waals surface area (Å²) in [6, 6.07) is 0. The lowest BCUT2D eigenvalue weighted by Crippen LogP contribution is -2.12. The molecule has 1 saturated carbocycles. The zero-order valence-corrected chi connectivity index (χ0v) is 12.0. The van der Waals surface area contributed by atoms with Crippen molar-refractivity contribution in [1.82, 2.24) is 9.97 Å². The minimum absolute atomic E-state index is 0.0801. The molecule has 20 heavy (non-hydrogen) atoms. The van der Waals surface area contributed by atoms with Crippen LogP contribution in [0.3, 0.4) is 0 Å². The van der Waals surface area contributed by atoms with Crippen LogP contribution in [0.15, 0.2) is 0 Å². The highest BCUT2D eigenvalue weighted by molar-refractivity contribution is 5.62. The third-order valence-corrected chi connectivity index (χ3v) is 2.89. The van der Waals surface area contributed by atoms with E-state index < -0.39 is 4.92 Å². The van der Waals surface area contributed by atoms with E-state index in [1.165, 1.54) is 0 Å². The fourth-order valence-electron chi connectivity index (χ4n) is 1.78. The van der Waals surface area contributed by atoms with Crippen molar-refractivity contribution in [1.29, 1.82) is 0 Å². The Labute approximate surface area is 117 Å². The maximum atomic E-state index is 11.3. The number of nitrogens with zero attached hydrogens (tertiary/aromatic N) is 3. The smallest absolute Gasteiger partial charge is 0.372 e. The molecule has 1 aliphatic rings. The van der Waals surface area contributed by atoms with Crippen molar-refractivity contribution < 1.29 is 9.66 Å². The highest BCUT2D eigenvalue weighted by Crippen LogP contribution is 2.41. The van der Waals surface area contributed by atoms with E-state index >= 15 is 0 Å². The summed E-state index contributed by atoms with van der Waals surface area (Å²) in [6.45, 7) is 6.80. The van der Waals surface area contributed by atoms with E-state index in [2.05, 4.69) is 15.3 Å². The standard InChI is InChI=1S/C13H20N4O3/c1-4-14-12-10(17(18)19)13(20-7-8(2)3)16-11(15-12)9-5-6-9/h8-9H,4-7H2,1-3H3,(H,14,15,16). The van der Waals surface area contributed by atoms with Crippen LogP contribution in [0, 0.1) is 16.0 Å². The Morgan fingerprint density at radius 3 is 2.65 bits per heavy atom. The van der Waals surface area contributed by atoms with Crippen molar-refractivity contribution in [3.63, 3.8) is 0 Å². The van der Waals surface area contributed by atoms with E-state index in [1.54, 1.807) is 0 Å². The van der Waals surface area contributed by atoms with Crippen molar-refractivity contribution in [3.05, 3.63) is 15.9 Å². The zero-order chi connectivity index (χ0) is 14.7. The lowest BCUT2D eigenvalue weighted by molar-refractivity contribution is -0.385. The molecule has 0 radical (unpaired) electrons. The number of nitro groups is 1. The summed E-state index contributed by atoms with van der Waals surface area (Å²) in [7, 11) is 0. The van der Waals surface area contributed by atoms with E-state index in [-0.39, 0.29) is 23.3 Å². The summed E-state index contributed by atoms with van der Waals surface area (Å²) in [4.78, 5) is 19.3. The minimum Gasteiger partial charge on any atom is -0.472 e. The Bertz CT molecular complexity index is 501. The number of ether oxygens (including phenoxy) is 1. The molecule has 1 N–H and O–H groups in total. The van der Waals surface area contributed by atoms with Crippen LogP contribution in [-0.2, 0) is 0 Å². The molecule has 0 aliphatic heterocycles. The molecule has 1 aliphatic carbocycles. The Balaban J connectivity index is 2.40. The number of anilines is 1. The largest absolute Gasteiger partial charge is 0.472 e. The van der Waals surface area contributed by atoms with Gasteiger partial charge in [-0.05, 0) is 25.7 Å². The third kappa shape index (κ3) is 3.34. The fourth-order valence-corrected chi connectivity index (χ4v) is 1.78. The molecule has 0 atom stereocenters. The molecule has 0 spiro atoms.